The SMILES string of the molecule is FC(F)(F)c1ccccc1-c1csc(CC2CCCN2)n1. The number of nitrogens with one attached hydrogen (secondary N) is 1. The van der Waals surface area contributed by atoms with Crippen LogP contribution in [-0.4, -0.2) is 17.6 Å². The molecule has 21 heavy (non-hydrogen) atoms. The summed E-state index contributed by atoms with van der Waals surface area (Å²) in [4.78, 5) is 4.40. The van der Waals surface area contributed by atoms with Gasteiger partial charge in [0.15, 0.2) is 0 Å². The molecule has 1 unspecified atom stereocenters. The van der Waals surface area contributed by atoms with Gasteiger partial charge in [-0.2, -0.15) is 13.2 Å². The van der Waals surface area contributed by atoms with E-state index in [1.165, 1.54) is 23.5 Å². The van der Waals surface area contributed by atoms with Gasteiger partial charge in [0.1, 0.15) is 0 Å². The van der Waals surface area contributed by atoms with Crippen molar-refractivity contribution in [3.8, 4) is 11.3 Å². The molecule has 3 rings (SSSR count). The first-order chi connectivity index (χ1) is 10.0. The summed E-state index contributed by atoms with van der Waals surface area (Å²) in [5.41, 5.74) is -0.0476. The van der Waals surface area contributed by atoms with E-state index >= 15 is 0 Å². The molecule has 1 saturated heterocycles. The molecule has 0 saturated carbocycles. The molecule has 1 atom stereocenters. The fourth-order valence-corrected chi connectivity index (χ4v) is 3.50. The van der Waals surface area contributed by atoms with Gasteiger partial charge < -0.3 is 5.32 Å². The number of halogens is 3. The van der Waals surface area contributed by atoms with Crippen LogP contribution < -0.4 is 5.32 Å². The van der Waals surface area contributed by atoms with Crippen LogP contribution in [0.3, 0.4) is 0 Å². The molecule has 1 aromatic heterocycles. The first kappa shape index (κ1) is 14.5. The summed E-state index contributed by atoms with van der Waals surface area (Å²) >= 11 is 1.43. The number of alkyl halides is 3. The highest BCUT2D eigenvalue weighted by Crippen LogP contribution is 2.37. The van der Waals surface area contributed by atoms with Crippen LogP contribution in [0.15, 0.2) is 29.6 Å². The third-order valence-electron chi connectivity index (χ3n) is 3.64. The van der Waals surface area contributed by atoms with E-state index < -0.39 is 11.7 Å². The van der Waals surface area contributed by atoms with Crippen LogP contribution in [-0.2, 0) is 12.6 Å². The van der Waals surface area contributed by atoms with Crippen molar-refractivity contribution in [2.45, 2.75) is 31.5 Å². The van der Waals surface area contributed by atoms with Gasteiger partial charge in [-0.25, -0.2) is 4.98 Å². The van der Waals surface area contributed by atoms with E-state index in [4.69, 9.17) is 0 Å². The molecule has 1 aliphatic heterocycles. The summed E-state index contributed by atoms with van der Waals surface area (Å²) in [5, 5.41) is 5.98. The Morgan fingerprint density at radius 2 is 2.10 bits per heavy atom. The predicted molar refractivity (Wildman–Crippen MR) is 77.3 cm³/mol. The van der Waals surface area contributed by atoms with Crippen LogP contribution in [0.5, 0.6) is 0 Å². The van der Waals surface area contributed by atoms with Crippen molar-refractivity contribution in [3.05, 3.63) is 40.2 Å². The zero-order valence-electron chi connectivity index (χ0n) is 11.3. The number of hydrogen-bond acceptors (Lipinski definition) is 3. The molecule has 2 aromatic rings. The topological polar surface area (TPSA) is 24.9 Å². The molecule has 0 bridgehead atoms. The Hall–Kier alpha value is -1.40. The second-order valence-corrected chi connectivity index (χ2v) is 6.11. The number of thiazole rings is 1. The predicted octanol–water partition coefficient (Wildman–Crippen LogP) is 4.12. The van der Waals surface area contributed by atoms with E-state index in [-0.39, 0.29) is 5.56 Å². The highest BCUT2D eigenvalue weighted by atomic mass is 32.1. The minimum absolute atomic E-state index is 0.159. The lowest BCUT2D eigenvalue weighted by molar-refractivity contribution is -0.137. The van der Waals surface area contributed by atoms with Gasteiger partial charge >= 0.3 is 6.18 Å². The third-order valence-corrected chi connectivity index (χ3v) is 4.51. The van der Waals surface area contributed by atoms with E-state index in [2.05, 4.69) is 10.3 Å². The summed E-state index contributed by atoms with van der Waals surface area (Å²) in [6.45, 7) is 1.01. The summed E-state index contributed by atoms with van der Waals surface area (Å²) in [7, 11) is 0. The van der Waals surface area contributed by atoms with Gasteiger partial charge in [0.2, 0.25) is 0 Å². The number of aromatic nitrogens is 1. The van der Waals surface area contributed by atoms with Gasteiger partial charge in [0.25, 0.3) is 0 Å². The molecule has 1 aliphatic rings. The maximum absolute atomic E-state index is 13.0. The van der Waals surface area contributed by atoms with Crippen LogP contribution in [0.4, 0.5) is 13.2 Å². The van der Waals surface area contributed by atoms with Crippen LogP contribution in [0.1, 0.15) is 23.4 Å². The lowest BCUT2D eigenvalue weighted by atomic mass is 10.1. The molecule has 0 amide bonds. The number of nitrogens with zero attached hydrogens (tertiary/aromatic N) is 1. The summed E-state index contributed by atoms with van der Waals surface area (Å²) in [5.74, 6) is 0. The largest absolute Gasteiger partial charge is 0.417 e. The van der Waals surface area contributed by atoms with Crippen molar-refractivity contribution in [2.24, 2.45) is 0 Å². The first-order valence-corrected chi connectivity index (χ1v) is 7.76. The number of rotatable bonds is 3. The van der Waals surface area contributed by atoms with Crippen molar-refractivity contribution in [1.82, 2.24) is 10.3 Å². The van der Waals surface area contributed by atoms with Crippen LogP contribution in [0.2, 0.25) is 0 Å². The molecule has 0 spiro atoms. The fourth-order valence-electron chi connectivity index (χ4n) is 2.62. The number of benzene rings is 1. The standard InChI is InChI=1S/C15H15F3N2S/c16-15(17,18)12-6-2-1-5-11(12)13-9-21-14(20-13)8-10-4-3-7-19-10/h1-2,5-6,9-10,19H,3-4,7-8H2. The summed E-state index contributed by atoms with van der Waals surface area (Å²) in [6, 6.07) is 6.01. The van der Waals surface area contributed by atoms with Gasteiger partial charge in [0.05, 0.1) is 16.3 Å². The Morgan fingerprint density at radius 3 is 2.81 bits per heavy atom. The lowest BCUT2D eigenvalue weighted by Gasteiger charge is -2.11. The molecule has 2 nitrogen and oxygen atoms in total. The second-order valence-electron chi connectivity index (χ2n) is 5.17. The Labute approximate surface area is 125 Å². The smallest absolute Gasteiger partial charge is 0.314 e. The van der Waals surface area contributed by atoms with Crippen LogP contribution in [0, 0.1) is 0 Å². The minimum atomic E-state index is -4.35. The molecule has 6 heteroatoms. The zero-order valence-corrected chi connectivity index (χ0v) is 12.1. The van der Waals surface area contributed by atoms with Crippen molar-refractivity contribution in [3.63, 3.8) is 0 Å². The Balaban J connectivity index is 1.86. The molecule has 0 aliphatic carbocycles. The Kier molecular flexibility index (Phi) is 3.99. The van der Waals surface area contributed by atoms with Crippen LogP contribution in [0.25, 0.3) is 11.3 Å². The zero-order chi connectivity index (χ0) is 14.9. The third kappa shape index (κ3) is 3.27. The average Bonchev–Trinajstić information content (AvgIpc) is 3.10. The first-order valence-electron chi connectivity index (χ1n) is 6.88. The summed E-state index contributed by atoms with van der Waals surface area (Å²) < 4.78 is 39.1. The highest BCUT2D eigenvalue weighted by molar-refractivity contribution is 7.09. The highest BCUT2D eigenvalue weighted by Gasteiger charge is 2.33. The van der Waals surface area contributed by atoms with Gasteiger partial charge in [-0.05, 0) is 25.5 Å². The van der Waals surface area contributed by atoms with Gasteiger partial charge in [-0.15, -0.1) is 11.3 Å². The molecular formula is C15H15F3N2S. The Morgan fingerprint density at radius 1 is 1.29 bits per heavy atom. The Bertz CT molecular complexity index is 615. The van der Waals surface area contributed by atoms with E-state index in [9.17, 15) is 13.2 Å². The van der Waals surface area contributed by atoms with Crippen molar-refractivity contribution < 1.29 is 13.2 Å². The quantitative estimate of drug-likeness (QED) is 0.922. The minimum Gasteiger partial charge on any atom is -0.314 e. The molecule has 1 N–H and O–H groups in total. The molecule has 1 fully saturated rings. The van der Waals surface area contributed by atoms with E-state index in [0.717, 1.165) is 36.9 Å². The maximum atomic E-state index is 13.0. The lowest BCUT2D eigenvalue weighted by Crippen LogP contribution is -2.23. The van der Waals surface area contributed by atoms with Crippen molar-refractivity contribution in [1.29, 1.82) is 0 Å². The molecular weight excluding hydrogens is 297 g/mol. The normalized spacial score (nSPS) is 19.1. The molecule has 0 radical (unpaired) electrons. The number of hydrogen-bond donors (Lipinski definition) is 1. The maximum Gasteiger partial charge on any atom is 0.417 e. The molecule has 1 aromatic carbocycles. The monoisotopic (exact) mass is 312 g/mol. The van der Waals surface area contributed by atoms with Gasteiger partial charge in [-0.3, -0.25) is 0 Å². The van der Waals surface area contributed by atoms with Crippen molar-refractivity contribution >= 4 is 11.3 Å². The summed E-state index contributed by atoms with van der Waals surface area (Å²) in [6.07, 6.45) is -1.31. The fraction of sp³-hybridized carbons (Fsp3) is 0.400. The molecule has 2 heterocycles. The van der Waals surface area contributed by atoms with E-state index in [1.54, 1.807) is 11.4 Å². The van der Waals surface area contributed by atoms with Crippen LogP contribution >= 0.6 is 11.3 Å². The van der Waals surface area contributed by atoms with Gasteiger partial charge in [0, 0.05) is 23.4 Å². The second kappa shape index (κ2) is 5.77. The van der Waals surface area contributed by atoms with Gasteiger partial charge in [-0.1, -0.05) is 18.2 Å². The van der Waals surface area contributed by atoms with Crippen molar-refractivity contribution in [2.75, 3.05) is 6.54 Å². The van der Waals surface area contributed by atoms with E-state index in [1.807, 2.05) is 0 Å². The van der Waals surface area contributed by atoms with E-state index in [0.29, 0.717) is 11.7 Å². The molecule has 112 valence electrons. The average molecular weight is 312 g/mol.